The number of benzene rings is 2. The van der Waals surface area contributed by atoms with Gasteiger partial charge in [-0.1, -0.05) is 32.9 Å². The summed E-state index contributed by atoms with van der Waals surface area (Å²) in [5.74, 6) is -1.03. The molecule has 3 rings (SSSR count). The number of phenolic OH excluding ortho intramolecular Hbond substituents is 1. The summed E-state index contributed by atoms with van der Waals surface area (Å²) >= 11 is 0. The number of amides is 1. The number of carbonyl (C=O) groups excluding carboxylic acids is 1. The minimum atomic E-state index is -2.44. The third-order valence-electron chi connectivity index (χ3n) is 7.40. The molecule has 0 saturated carbocycles. The molecule has 0 saturated heterocycles. The maximum Gasteiger partial charge on any atom is 0.410 e. The molecule has 11 heteroatoms. The van der Waals surface area contributed by atoms with Crippen molar-refractivity contribution in [1.29, 1.82) is 0 Å². The quantitative estimate of drug-likeness (QED) is 0.239. The fraction of sp³-hybridized carbons (Fsp3) is 0.452. The number of hydrogen-bond donors (Lipinski definition) is 3. The molecule has 1 heterocycles. The molecule has 0 bridgehead atoms. The fourth-order valence-electron chi connectivity index (χ4n) is 4.23. The Morgan fingerprint density at radius 2 is 1.69 bits per heavy atom. The van der Waals surface area contributed by atoms with E-state index >= 15 is 0 Å². The Balaban J connectivity index is 2.16. The second kappa shape index (κ2) is 12.2. The first-order valence-corrected chi connectivity index (χ1v) is 16.6. The number of rotatable bonds is 9. The molecule has 0 aliphatic rings. The highest BCUT2D eigenvalue weighted by Gasteiger charge is 2.41. The number of fused-ring (bicyclic) bond motifs is 1. The van der Waals surface area contributed by atoms with Gasteiger partial charge in [0.1, 0.15) is 22.7 Å². The van der Waals surface area contributed by atoms with Crippen LogP contribution in [0, 0.1) is 0 Å². The van der Waals surface area contributed by atoms with Crippen molar-refractivity contribution in [1.82, 2.24) is 9.88 Å². The Kier molecular flexibility index (Phi) is 9.48. The van der Waals surface area contributed by atoms with Gasteiger partial charge in [-0.3, -0.25) is 4.79 Å². The monoisotopic (exact) mass is 598 g/mol. The number of ether oxygens (including phenoxy) is 2. The number of methoxy groups -OCH3 is 1. The van der Waals surface area contributed by atoms with Crippen LogP contribution < -0.4 is 10.3 Å². The molecular formula is C31H42N2O8Si. The third kappa shape index (κ3) is 7.71. The molecule has 3 N–H and O–H groups in total. The lowest BCUT2D eigenvalue weighted by molar-refractivity contribution is 0.0137. The summed E-state index contributed by atoms with van der Waals surface area (Å²) in [5, 5.41) is 20.5. The minimum absolute atomic E-state index is 0.00811. The molecule has 10 nitrogen and oxygen atoms in total. The number of carboxylic acid groups (broad SMARTS) is 1. The van der Waals surface area contributed by atoms with Crippen LogP contribution in [0.1, 0.15) is 69.1 Å². The molecule has 1 aromatic heterocycles. The molecule has 0 spiro atoms. The van der Waals surface area contributed by atoms with Crippen LogP contribution in [0.4, 0.5) is 4.79 Å². The molecule has 0 radical (unpaired) electrons. The molecule has 0 fully saturated rings. The third-order valence-corrected chi connectivity index (χ3v) is 11.9. The Hall–Kier alpha value is -3.83. The van der Waals surface area contributed by atoms with Gasteiger partial charge in [0.15, 0.2) is 8.32 Å². The van der Waals surface area contributed by atoms with Crippen molar-refractivity contribution in [3.63, 3.8) is 0 Å². The molecule has 2 aromatic carbocycles. The maximum absolute atomic E-state index is 13.6. The average Bonchev–Trinajstić information content (AvgIpc) is 2.86. The number of phenols is 1. The van der Waals surface area contributed by atoms with E-state index in [2.05, 4.69) is 38.8 Å². The van der Waals surface area contributed by atoms with Gasteiger partial charge in [0.05, 0.1) is 25.3 Å². The van der Waals surface area contributed by atoms with Crippen LogP contribution in [0.15, 0.2) is 47.3 Å². The summed E-state index contributed by atoms with van der Waals surface area (Å²) < 4.78 is 18.0. The SMILES string of the molecule is COc1cc(CN(C[C@H](O[Si](C)(C)C(C)(C)C)c2ccc(O)c3[nH]c(=O)ccc23)C(=O)OC(C)(C)C)ccc1C(=O)O. The van der Waals surface area contributed by atoms with E-state index in [1.807, 2.05) is 0 Å². The minimum Gasteiger partial charge on any atom is -0.506 e. The van der Waals surface area contributed by atoms with E-state index in [4.69, 9.17) is 13.9 Å². The van der Waals surface area contributed by atoms with Gasteiger partial charge in [0.25, 0.3) is 0 Å². The largest absolute Gasteiger partial charge is 0.506 e. The Morgan fingerprint density at radius 3 is 2.26 bits per heavy atom. The number of carboxylic acids is 1. The number of hydrogen-bond acceptors (Lipinski definition) is 7. The topological polar surface area (TPSA) is 138 Å². The predicted octanol–water partition coefficient (Wildman–Crippen LogP) is 6.44. The molecule has 0 aliphatic carbocycles. The standard InChI is InChI=1S/C31H42N2O8Si/c1-30(2,3)40-29(38)33(17-19-10-11-22(28(36)37)24(16-19)39-7)18-25(41-42(8,9)31(4,5)6)20-12-14-23(34)27-21(20)13-15-26(35)32-27/h10-16,25,34H,17-18H2,1-9H3,(H,32,35)(H,36,37)/t25-/m0/s1. The van der Waals surface area contributed by atoms with Crippen LogP contribution in [0.2, 0.25) is 18.1 Å². The molecule has 1 atom stereocenters. The van der Waals surface area contributed by atoms with Crippen molar-refractivity contribution in [3.05, 3.63) is 69.5 Å². The summed E-state index contributed by atoms with van der Waals surface area (Å²) in [6.45, 7) is 16.1. The van der Waals surface area contributed by atoms with Gasteiger partial charge in [0, 0.05) is 18.0 Å². The van der Waals surface area contributed by atoms with E-state index in [1.54, 1.807) is 45.0 Å². The van der Waals surface area contributed by atoms with Crippen LogP contribution in [-0.4, -0.2) is 59.7 Å². The zero-order valence-corrected chi connectivity index (χ0v) is 26.8. The number of pyridine rings is 1. The van der Waals surface area contributed by atoms with Crippen molar-refractivity contribution >= 4 is 31.3 Å². The van der Waals surface area contributed by atoms with E-state index in [0.717, 1.165) is 0 Å². The number of aromatic hydroxyl groups is 1. The lowest BCUT2D eigenvalue weighted by atomic mass is 10.0. The molecule has 0 unspecified atom stereocenters. The smallest absolute Gasteiger partial charge is 0.410 e. The Labute approximate surface area is 247 Å². The number of nitrogens with zero attached hydrogens (tertiary/aromatic N) is 1. The van der Waals surface area contributed by atoms with Crippen molar-refractivity contribution in [2.75, 3.05) is 13.7 Å². The second-order valence-electron chi connectivity index (χ2n) is 12.9. The lowest BCUT2D eigenvalue weighted by Gasteiger charge is -2.41. The van der Waals surface area contributed by atoms with Crippen LogP contribution in [0.5, 0.6) is 11.5 Å². The highest BCUT2D eigenvalue weighted by molar-refractivity contribution is 6.74. The van der Waals surface area contributed by atoms with Gasteiger partial charge in [-0.25, -0.2) is 9.59 Å². The normalized spacial score (nSPS) is 13.1. The molecule has 3 aromatic rings. The molecule has 42 heavy (non-hydrogen) atoms. The van der Waals surface area contributed by atoms with Gasteiger partial charge >= 0.3 is 12.1 Å². The number of H-pyrrole nitrogens is 1. The first-order valence-electron chi connectivity index (χ1n) is 13.7. The molecule has 0 aliphatic heterocycles. The Morgan fingerprint density at radius 1 is 1.02 bits per heavy atom. The van der Waals surface area contributed by atoms with E-state index in [9.17, 15) is 24.6 Å². The fourth-order valence-corrected chi connectivity index (χ4v) is 5.50. The lowest BCUT2D eigenvalue weighted by Crippen LogP contribution is -2.45. The summed E-state index contributed by atoms with van der Waals surface area (Å²) in [5.41, 5.74) is 0.479. The van der Waals surface area contributed by atoms with Gasteiger partial charge in [-0.2, -0.15) is 0 Å². The van der Waals surface area contributed by atoms with Gasteiger partial charge < -0.3 is 34.0 Å². The van der Waals surface area contributed by atoms with Crippen LogP contribution in [0.3, 0.4) is 0 Å². The zero-order chi connectivity index (χ0) is 31.6. The number of aromatic nitrogens is 1. The number of aromatic carboxylic acids is 1. The maximum atomic E-state index is 13.6. The van der Waals surface area contributed by atoms with Gasteiger partial charge in [-0.15, -0.1) is 0 Å². The van der Waals surface area contributed by atoms with E-state index in [-0.39, 0.29) is 46.3 Å². The summed E-state index contributed by atoms with van der Waals surface area (Å²) in [4.78, 5) is 41.6. The van der Waals surface area contributed by atoms with Crippen molar-refractivity contribution in [2.45, 2.75) is 77.9 Å². The first-order chi connectivity index (χ1) is 19.3. The summed E-state index contributed by atoms with van der Waals surface area (Å²) in [6.07, 6.45) is -1.24. The summed E-state index contributed by atoms with van der Waals surface area (Å²) in [6, 6.07) is 10.9. The zero-order valence-electron chi connectivity index (χ0n) is 25.8. The average molecular weight is 599 g/mol. The summed E-state index contributed by atoms with van der Waals surface area (Å²) in [7, 11) is -1.05. The van der Waals surface area contributed by atoms with Crippen molar-refractivity contribution in [2.24, 2.45) is 0 Å². The van der Waals surface area contributed by atoms with Crippen LogP contribution >= 0.6 is 0 Å². The van der Waals surface area contributed by atoms with Crippen molar-refractivity contribution in [3.8, 4) is 11.5 Å². The van der Waals surface area contributed by atoms with Crippen molar-refractivity contribution < 1.29 is 33.7 Å². The van der Waals surface area contributed by atoms with Gasteiger partial charge in [0.2, 0.25) is 5.56 Å². The Bertz CT molecular complexity index is 1520. The molecule has 1 amide bonds. The molecular weight excluding hydrogens is 556 g/mol. The number of nitrogens with one attached hydrogen (secondary N) is 1. The highest BCUT2D eigenvalue weighted by atomic mass is 28.4. The van der Waals surface area contributed by atoms with E-state index < -0.39 is 32.1 Å². The second-order valence-corrected chi connectivity index (χ2v) is 17.6. The predicted molar refractivity (Wildman–Crippen MR) is 164 cm³/mol. The van der Waals surface area contributed by atoms with Gasteiger partial charge in [-0.05, 0) is 74.3 Å². The first kappa shape index (κ1) is 32.7. The number of aromatic amines is 1. The highest BCUT2D eigenvalue weighted by Crippen LogP contribution is 2.41. The van der Waals surface area contributed by atoms with E-state index in [0.29, 0.717) is 16.5 Å². The van der Waals surface area contributed by atoms with Crippen LogP contribution in [0.25, 0.3) is 10.9 Å². The molecule has 228 valence electrons. The van der Waals surface area contributed by atoms with Crippen LogP contribution in [-0.2, 0) is 15.7 Å². The van der Waals surface area contributed by atoms with E-state index in [1.165, 1.54) is 30.2 Å². The number of carbonyl (C=O) groups is 2.